The zero-order valence-corrected chi connectivity index (χ0v) is 7.90. The molecule has 0 nitrogen and oxygen atoms in total. The van der Waals surface area contributed by atoms with Crippen LogP contribution in [0.2, 0.25) is 0 Å². The normalized spacial score (nSPS) is 14.8. The third-order valence-corrected chi connectivity index (χ3v) is 2.74. The maximum atomic E-state index is 5.69. The van der Waals surface area contributed by atoms with Gasteiger partial charge in [0.05, 0.1) is 0 Å². The minimum Gasteiger partial charge on any atom is -0.126 e. The molecule has 0 aromatic heterocycles. The van der Waals surface area contributed by atoms with Gasteiger partial charge in [-0.15, -0.1) is 11.6 Å². The standard InChI is InChI=1S/C11H13Cl/c12-7-6-9-4-5-10-2-1-3-11(10)8-9/h4-5,8H,1-3,6-7H2. The second-order valence-corrected chi connectivity index (χ2v) is 3.77. The third kappa shape index (κ3) is 1.49. The Labute approximate surface area is 78.6 Å². The highest BCUT2D eigenvalue weighted by Crippen LogP contribution is 2.22. The maximum Gasteiger partial charge on any atom is 0.0263 e. The second kappa shape index (κ2) is 3.49. The minimum absolute atomic E-state index is 0.735. The molecule has 0 amide bonds. The first-order valence-electron chi connectivity index (χ1n) is 4.57. The van der Waals surface area contributed by atoms with E-state index in [1.54, 1.807) is 11.1 Å². The molecule has 2 rings (SSSR count). The van der Waals surface area contributed by atoms with Crippen LogP contribution in [-0.4, -0.2) is 5.88 Å². The molecule has 1 aliphatic rings. The van der Waals surface area contributed by atoms with E-state index in [-0.39, 0.29) is 0 Å². The molecular weight excluding hydrogens is 168 g/mol. The zero-order valence-electron chi connectivity index (χ0n) is 7.15. The van der Waals surface area contributed by atoms with Gasteiger partial charge < -0.3 is 0 Å². The van der Waals surface area contributed by atoms with Crippen LogP contribution < -0.4 is 0 Å². The first-order chi connectivity index (χ1) is 5.90. The van der Waals surface area contributed by atoms with Crippen molar-refractivity contribution >= 4 is 11.6 Å². The van der Waals surface area contributed by atoms with Crippen molar-refractivity contribution in [3.05, 3.63) is 34.9 Å². The monoisotopic (exact) mass is 180 g/mol. The molecule has 1 heteroatoms. The van der Waals surface area contributed by atoms with Crippen molar-refractivity contribution in [2.45, 2.75) is 25.7 Å². The van der Waals surface area contributed by atoms with Gasteiger partial charge in [0.2, 0.25) is 0 Å². The lowest BCUT2D eigenvalue weighted by molar-refractivity contribution is 0.911. The lowest BCUT2D eigenvalue weighted by Crippen LogP contribution is -1.89. The van der Waals surface area contributed by atoms with Gasteiger partial charge in [0.1, 0.15) is 0 Å². The Morgan fingerprint density at radius 2 is 2.00 bits per heavy atom. The van der Waals surface area contributed by atoms with E-state index in [0.717, 1.165) is 12.3 Å². The van der Waals surface area contributed by atoms with Crippen LogP contribution in [-0.2, 0) is 19.3 Å². The minimum atomic E-state index is 0.735. The van der Waals surface area contributed by atoms with E-state index in [1.165, 1.54) is 24.8 Å². The highest BCUT2D eigenvalue weighted by molar-refractivity contribution is 6.17. The summed E-state index contributed by atoms with van der Waals surface area (Å²) in [5, 5.41) is 0. The van der Waals surface area contributed by atoms with Crippen molar-refractivity contribution in [2.24, 2.45) is 0 Å². The van der Waals surface area contributed by atoms with Gasteiger partial charge >= 0.3 is 0 Å². The fraction of sp³-hybridized carbons (Fsp3) is 0.455. The molecule has 0 heterocycles. The van der Waals surface area contributed by atoms with E-state index in [1.807, 2.05) is 0 Å². The summed E-state index contributed by atoms with van der Waals surface area (Å²) in [6.07, 6.45) is 4.89. The summed E-state index contributed by atoms with van der Waals surface area (Å²) in [6, 6.07) is 6.81. The van der Waals surface area contributed by atoms with Gasteiger partial charge in [-0.05, 0) is 42.4 Å². The summed E-state index contributed by atoms with van der Waals surface area (Å²) in [5.74, 6) is 0.735. The predicted octanol–water partition coefficient (Wildman–Crippen LogP) is 2.96. The molecule has 12 heavy (non-hydrogen) atoms. The van der Waals surface area contributed by atoms with E-state index >= 15 is 0 Å². The average Bonchev–Trinajstić information content (AvgIpc) is 2.51. The number of hydrogen-bond acceptors (Lipinski definition) is 0. The van der Waals surface area contributed by atoms with E-state index < -0.39 is 0 Å². The van der Waals surface area contributed by atoms with Crippen molar-refractivity contribution in [1.82, 2.24) is 0 Å². The topological polar surface area (TPSA) is 0 Å². The number of fused-ring (bicyclic) bond motifs is 1. The summed E-state index contributed by atoms with van der Waals surface area (Å²) in [4.78, 5) is 0. The predicted molar refractivity (Wildman–Crippen MR) is 52.9 cm³/mol. The molecule has 0 fully saturated rings. The first-order valence-corrected chi connectivity index (χ1v) is 5.10. The number of aryl methyl sites for hydroxylation is 3. The Bertz CT molecular complexity index is 278. The molecule has 0 unspecified atom stereocenters. The van der Waals surface area contributed by atoms with Gasteiger partial charge in [0, 0.05) is 5.88 Å². The van der Waals surface area contributed by atoms with E-state index in [0.29, 0.717) is 0 Å². The van der Waals surface area contributed by atoms with Crippen LogP contribution in [0.4, 0.5) is 0 Å². The molecule has 0 aliphatic heterocycles. The van der Waals surface area contributed by atoms with Crippen LogP contribution in [0.3, 0.4) is 0 Å². The third-order valence-electron chi connectivity index (χ3n) is 2.55. The number of rotatable bonds is 2. The van der Waals surface area contributed by atoms with Crippen molar-refractivity contribution in [2.75, 3.05) is 5.88 Å². The molecule has 1 aromatic rings. The number of benzene rings is 1. The van der Waals surface area contributed by atoms with Gasteiger partial charge in [-0.25, -0.2) is 0 Å². The molecule has 64 valence electrons. The molecular formula is C11H13Cl. The Hall–Kier alpha value is -0.490. The smallest absolute Gasteiger partial charge is 0.0263 e. The SMILES string of the molecule is ClCCc1ccc2c(c1)CCC2. The van der Waals surface area contributed by atoms with Crippen LogP contribution in [0.5, 0.6) is 0 Å². The molecule has 1 aliphatic carbocycles. The van der Waals surface area contributed by atoms with Crippen LogP contribution in [0.15, 0.2) is 18.2 Å². The summed E-state index contributed by atoms with van der Waals surface area (Å²) < 4.78 is 0. The molecule has 0 atom stereocenters. The van der Waals surface area contributed by atoms with Crippen molar-refractivity contribution in [3.63, 3.8) is 0 Å². The molecule has 0 radical (unpaired) electrons. The van der Waals surface area contributed by atoms with Crippen molar-refractivity contribution in [1.29, 1.82) is 0 Å². The molecule has 0 spiro atoms. The lowest BCUT2D eigenvalue weighted by atomic mass is 10.1. The highest BCUT2D eigenvalue weighted by Gasteiger charge is 2.09. The number of alkyl halides is 1. The van der Waals surface area contributed by atoms with Gasteiger partial charge in [0.15, 0.2) is 0 Å². The fourth-order valence-electron chi connectivity index (χ4n) is 1.89. The van der Waals surface area contributed by atoms with Crippen LogP contribution in [0.1, 0.15) is 23.1 Å². The summed E-state index contributed by atoms with van der Waals surface area (Å²) in [7, 11) is 0. The Morgan fingerprint density at radius 1 is 1.17 bits per heavy atom. The Morgan fingerprint density at radius 3 is 2.83 bits per heavy atom. The Balaban J connectivity index is 2.26. The zero-order chi connectivity index (χ0) is 8.39. The van der Waals surface area contributed by atoms with E-state index in [4.69, 9.17) is 11.6 Å². The van der Waals surface area contributed by atoms with Crippen LogP contribution in [0.25, 0.3) is 0 Å². The van der Waals surface area contributed by atoms with Gasteiger partial charge in [0.25, 0.3) is 0 Å². The van der Waals surface area contributed by atoms with Crippen molar-refractivity contribution < 1.29 is 0 Å². The quantitative estimate of drug-likeness (QED) is 0.614. The van der Waals surface area contributed by atoms with Gasteiger partial charge in [-0.3, -0.25) is 0 Å². The molecule has 0 saturated carbocycles. The summed E-state index contributed by atoms with van der Waals surface area (Å²) in [5.41, 5.74) is 4.50. The highest BCUT2D eigenvalue weighted by atomic mass is 35.5. The fourth-order valence-corrected chi connectivity index (χ4v) is 2.11. The van der Waals surface area contributed by atoms with Crippen LogP contribution in [0, 0.1) is 0 Å². The lowest BCUT2D eigenvalue weighted by Gasteiger charge is -2.02. The largest absolute Gasteiger partial charge is 0.126 e. The summed E-state index contributed by atoms with van der Waals surface area (Å²) in [6.45, 7) is 0. The van der Waals surface area contributed by atoms with Gasteiger partial charge in [-0.1, -0.05) is 18.2 Å². The number of halogens is 1. The summed E-state index contributed by atoms with van der Waals surface area (Å²) >= 11 is 5.69. The average molecular weight is 181 g/mol. The maximum absolute atomic E-state index is 5.69. The number of hydrogen-bond donors (Lipinski definition) is 0. The Kier molecular flexibility index (Phi) is 2.36. The molecule has 0 N–H and O–H groups in total. The molecule has 0 bridgehead atoms. The first kappa shape index (κ1) is 8.12. The van der Waals surface area contributed by atoms with E-state index in [2.05, 4.69) is 18.2 Å². The second-order valence-electron chi connectivity index (χ2n) is 3.40. The molecule has 1 aromatic carbocycles. The van der Waals surface area contributed by atoms with Gasteiger partial charge in [-0.2, -0.15) is 0 Å². The van der Waals surface area contributed by atoms with Crippen molar-refractivity contribution in [3.8, 4) is 0 Å². The molecule has 0 saturated heterocycles. The van der Waals surface area contributed by atoms with E-state index in [9.17, 15) is 0 Å². The van der Waals surface area contributed by atoms with Crippen LogP contribution >= 0.6 is 11.6 Å².